The van der Waals surface area contributed by atoms with Crippen molar-refractivity contribution < 1.29 is 4.39 Å². The zero-order valence-electron chi connectivity index (χ0n) is 14.8. The summed E-state index contributed by atoms with van der Waals surface area (Å²) in [5.74, 6) is -0.208. The fourth-order valence-corrected chi connectivity index (χ4v) is 4.42. The van der Waals surface area contributed by atoms with Crippen molar-refractivity contribution in [2.45, 2.75) is 36.3 Å². The minimum Gasteiger partial charge on any atom is -0.242 e. The number of hydrogen-bond acceptors (Lipinski definition) is 3. The number of benzene rings is 2. The molecule has 2 aromatic carbocycles. The van der Waals surface area contributed by atoms with Crippen molar-refractivity contribution in [2.75, 3.05) is 0 Å². The molecule has 0 heterocycles. The molecule has 0 aliphatic heterocycles. The Balaban J connectivity index is 1.72. The van der Waals surface area contributed by atoms with Crippen molar-refractivity contribution in [3.63, 3.8) is 0 Å². The van der Waals surface area contributed by atoms with Crippen LogP contribution in [0.3, 0.4) is 0 Å². The number of aliphatic imine (C=N–C) groups is 1. The number of hydrogen-bond donors (Lipinski definition) is 0. The maximum Gasteiger partial charge on any atom is 0.123 e. The third kappa shape index (κ3) is 6.19. The molecule has 0 fully saturated rings. The molecular weight excluding hydrogens is 361 g/mol. The fraction of sp³-hybridized carbons (Fsp3) is 0.227. The van der Waals surface area contributed by atoms with Gasteiger partial charge in [-0.25, -0.2) is 9.38 Å². The van der Waals surface area contributed by atoms with Crippen molar-refractivity contribution in [3.8, 4) is 0 Å². The third-order valence-electron chi connectivity index (χ3n) is 4.01. The first kappa shape index (κ1) is 19.0. The molecule has 0 radical (unpaired) electrons. The topological polar surface area (TPSA) is 12.4 Å². The summed E-state index contributed by atoms with van der Waals surface area (Å²) in [5.41, 5.74) is 2.21. The van der Waals surface area contributed by atoms with Gasteiger partial charge >= 0.3 is 0 Å². The Bertz CT molecular complexity index is 792. The molecule has 0 amide bonds. The molecule has 4 heteroatoms. The standard InChI is InChI=1S/C22H22FNS2/c1-17-7-11-19(12-8-17)24-22(26-21-5-3-2-4-6-21)15-16-25-20-13-9-18(23)10-14-20/h2-3,7-16,21H,4-6H2,1H3. The second kappa shape index (κ2) is 9.79. The zero-order chi connectivity index (χ0) is 18.2. The van der Waals surface area contributed by atoms with E-state index >= 15 is 0 Å². The molecule has 0 aromatic heterocycles. The maximum atomic E-state index is 13.0. The van der Waals surface area contributed by atoms with Gasteiger partial charge in [-0.1, -0.05) is 41.6 Å². The lowest BCUT2D eigenvalue weighted by Crippen LogP contribution is -2.07. The van der Waals surface area contributed by atoms with E-state index in [0.29, 0.717) is 5.25 Å². The number of rotatable bonds is 5. The van der Waals surface area contributed by atoms with E-state index in [0.717, 1.165) is 28.5 Å². The predicted molar refractivity (Wildman–Crippen MR) is 114 cm³/mol. The maximum absolute atomic E-state index is 13.0. The molecule has 2 aromatic rings. The lowest BCUT2D eigenvalue weighted by atomic mass is 10.1. The van der Waals surface area contributed by atoms with E-state index in [2.05, 4.69) is 49.4 Å². The van der Waals surface area contributed by atoms with Crippen LogP contribution in [0, 0.1) is 12.7 Å². The smallest absolute Gasteiger partial charge is 0.123 e. The number of halogens is 1. The Morgan fingerprint density at radius 1 is 1.08 bits per heavy atom. The molecule has 0 saturated heterocycles. The van der Waals surface area contributed by atoms with Crippen LogP contribution < -0.4 is 0 Å². The number of nitrogens with zero attached hydrogens (tertiary/aromatic N) is 1. The summed E-state index contributed by atoms with van der Waals surface area (Å²) in [7, 11) is 0. The van der Waals surface area contributed by atoms with Crippen molar-refractivity contribution in [2.24, 2.45) is 4.99 Å². The molecule has 0 bridgehead atoms. The largest absolute Gasteiger partial charge is 0.242 e. The van der Waals surface area contributed by atoms with Gasteiger partial charge in [-0.05, 0) is 74.1 Å². The van der Waals surface area contributed by atoms with E-state index in [1.165, 1.54) is 24.1 Å². The molecule has 3 rings (SSSR count). The van der Waals surface area contributed by atoms with Gasteiger partial charge in [0.05, 0.1) is 10.7 Å². The van der Waals surface area contributed by atoms with Gasteiger partial charge in [-0.3, -0.25) is 0 Å². The van der Waals surface area contributed by atoms with Gasteiger partial charge < -0.3 is 0 Å². The van der Waals surface area contributed by atoms with Crippen LogP contribution in [0.25, 0.3) is 0 Å². The van der Waals surface area contributed by atoms with Crippen LogP contribution in [0.5, 0.6) is 0 Å². The van der Waals surface area contributed by atoms with Crippen LogP contribution >= 0.6 is 23.5 Å². The Morgan fingerprint density at radius 2 is 1.85 bits per heavy atom. The molecule has 1 unspecified atom stereocenters. The van der Waals surface area contributed by atoms with Gasteiger partial charge in [0.2, 0.25) is 0 Å². The van der Waals surface area contributed by atoms with E-state index in [-0.39, 0.29) is 5.82 Å². The summed E-state index contributed by atoms with van der Waals surface area (Å²) in [4.78, 5) is 5.85. The zero-order valence-corrected chi connectivity index (χ0v) is 16.4. The normalized spacial score (nSPS) is 17.8. The summed E-state index contributed by atoms with van der Waals surface area (Å²) in [6.45, 7) is 2.08. The van der Waals surface area contributed by atoms with E-state index in [9.17, 15) is 4.39 Å². The molecule has 1 aliphatic rings. The molecule has 0 saturated carbocycles. The fourth-order valence-electron chi connectivity index (χ4n) is 2.58. The number of thioether (sulfide) groups is 2. The van der Waals surface area contributed by atoms with Crippen LogP contribution in [0.2, 0.25) is 0 Å². The molecular formula is C22H22FNS2. The van der Waals surface area contributed by atoms with Crippen molar-refractivity contribution in [3.05, 3.63) is 83.5 Å². The van der Waals surface area contributed by atoms with Crippen molar-refractivity contribution in [1.82, 2.24) is 0 Å². The molecule has 134 valence electrons. The quantitative estimate of drug-likeness (QED) is 0.232. The Hall–Kier alpha value is -1.78. The van der Waals surface area contributed by atoms with Gasteiger partial charge in [0, 0.05) is 10.1 Å². The van der Waals surface area contributed by atoms with E-state index in [4.69, 9.17) is 4.99 Å². The molecule has 0 N–H and O–H groups in total. The molecule has 1 aliphatic carbocycles. The highest BCUT2D eigenvalue weighted by molar-refractivity contribution is 8.15. The average molecular weight is 384 g/mol. The molecule has 1 nitrogen and oxygen atoms in total. The van der Waals surface area contributed by atoms with Gasteiger partial charge in [-0.15, -0.1) is 11.8 Å². The minimum atomic E-state index is -0.208. The van der Waals surface area contributed by atoms with E-state index < -0.39 is 0 Å². The van der Waals surface area contributed by atoms with Crippen molar-refractivity contribution >= 4 is 34.3 Å². The summed E-state index contributed by atoms with van der Waals surface area (Å²) >= 11 is 3.42. The Labute approximate surface area is 163 Å². The number of allylic oxidation sites excluding steroid dienone is 2. The van der Waals surface area contributed by atoms with Gasteiger partial charge in [0.25, 0.3) is 0 Å². The highest BCUT2D eigenvalue weighted by Gasteiger charge is 2.12. The summed E-state index contributed by atoms with van der Waals surface area (Å²) in [6, 6.07) is 14.8. The van der Waals surface area contributed by atoms with E-state index in [1.807, 2.05) is 17.2 Å². The second-order valence-electron chi connectivity index (χ2n) is 6.18. The first-order chi connectivity index (χ1) is 12.7. The first-order valence-electron chi connectivity index (χ1n) is 8.75. The second-order valence-corrected chi connectivity index (χ2v) is 8.48. The SMILES string of the molecule is Cc1ccc(N=C(C=CSc2ccc(F)cc2)SC2CC=CCC2)cc1. The van der Waals surface area contributed by atoms with Crippen LogP contribution in [0.4, 0.5) is 10.1 Å². The summed E-state index contributed by atoms with van der Waals surface area (Å²) in [5, 5.41) is 3.62. The summed E-state index contributed by atoms with van der Waals surface area (Å²) < 4.78 is 13.0. The van der Waals surface area contributed by atoms with Gasteiger partial charge in [0.15, 0.2) is 0 Å². The van der Waals surface area contributed by atoms with Gasteiger partial charge in [0.1, 0.15) is 5.82 Å². The van der Waals surface area contributed by atoms with E-state index in [1.54, 1.807) is 23.9 Å². The van der Waals surface area contributed by atoms with Crippen molar-refractivity contribution in [1.29, 1.82) is 0 Å². The average Bonchev–Trinajstić information content (AvgIpc) is 2.66. The highest BCUT2D eigenvalue weighted by Crippen LogP contribution is 2.29. The lowest BCUT2D eigenvalue weighted by Gasteiger charge is -2.17. The predicted octanol–water partition coefficient (Wildman–Crippen LogP) is 7.31. The Kier molecular flexibility index (Phi) is 7.15. The minimum absolute atomic E-state index is 0.208. The molecule has 0 spiro atoms. The number of aryl methyl sites for hydroxylation is 1. The summed E-state index contributed by atoms with van der Waals surface area (Å²) in [6.07, 6.45) is 10.0. The molecule has 26 heavy (non-hydrogen) atoms. The monoisotopic (exact) mass is 383 g/mol. The lowest BCUT2D eigenvalue weighted by molar-refractivity contribution is 0.626. The highest BCUT2D eigenvalue weighted by atomic mass is 32.2. The van der Waals surface area contributed by atoms with Crippen LogP contribution in [0.1, 0.15) is 24.8 Å². The Morgan fingerprint density at radius 3 is 2.54 bits per heavy atom. The first-order valence-corrected chi connectivity index (χ1v) is 10.5. The van der Waals surface area contributed by atoms with Gasteiger partial charge in [-0.2, -0.15) is 0 Å². The third-order valence-corrected chi connectivity index (χ3v) is 6.06. The van der Waals surface area contributed by atoms with Crippen LogP contribution in [-0.4, -0.2) is 10.3 Å². The molecule has 1 atom stereocenters. The van der Waals surface area contributed by atoms with Crippen LogP contribution in [0.15, 0.2) is 82.1 Å². The van der Waals surface area contributed by atoms with Crippen LogP contribution in [-0.2, 0) is 0 Å².